The van der Waals surface area contributed by atoms with Crippen molar-refractivity contribution in [3.05, 3.63) is 22.8 Å². The Bertz CT molecular complexity index is 460. The topological polar surface area (TPSA) is 36.3 Å². The lowest BCUT2D eigenvalue weighted by Crippen LogP contribution is -2.28. The molecule has 0 aromatic heterocycles. The Balaban J connectivity index is 3.33. The van der Waals surface area contributed by atoms with Gasteiger partial charge in [0.25, 0.3) is 0 Å². The van der Waals surface area contributed by atoms with Gasteiger partial charge in [-0.3, -0.25) is 0 Å². The van der Waals surface area contributed by atoms with Crippen LogP contribution in [0, 0.1) is 32.1 Å². The first-order valence-corrected chi connectivity index (χ1v) is 5.71. The summed E-state index contributed by atoms with van der Waals surface area (Å²) in [5, 5.41) is 8.98. The molecule has 0 N–H and O–H groups in total. The van der Waals surface area contributed by atoms with Crippen LogP contribution in [-0.4, -0.2) is 20.2 Å². The third kappa shape index (κ3) is 2.36. The van der Waals surface area contributed by atoms with E-state index in [0.29, 0.717) is 0 Å². The van der Waals surface area contributed by atoms with Crippen LogP contribution in [-0.2, 0) is 0 Å². The van der Waals surface area contributed by atoms with Crippen LogP contribution in [0.5, 0.6) is 5.75 Å². The Labute approximate surface area is 104 Å². The highest BCUT2D eigenvalue weighted by molar-refractivity contribution is 5.63. The number of nitrogens with zero attached hydrogens (tertiary/aromatic N) is 2. The summed E-state index contributed by atoms with van der Waals surface area (Å²) in [6, 6.07) is 4.19. The molecule has 0 aliphatic rings. The van der Waals surface area contributed by atoms with E-state index in [-0.39, 0.29) is 6.04 Å². The Morgan fingerprint density at radius 3 is 2.35 bits per heavy atom. The van der Waals surface area contributed by atoms with Crippen molar-refractivity contribution in [1.29, 1.82) is 5.26 Å². The molecule has 0 heterocycles. The Morgan fingerprint density at radius 1 is 1.29 bits per heavy atom. The van der Waals surface area contributed by atoms with Gasteiger partial charge in [-0.05, 0) is 50.5 Å². The average Bonchev–Trinajstić information content (AvgIpc) is 2.32. The molecule has 3 heteroatoms. The SMILES string of the molecule is COc1c(C)cc(N(C)C(C)C#N)c(C)c1C. The third-order valence-corrected chi connectivity index (χ3v) is 3.35. The first-order valence-electron chi connectivity index (χ1n) is 5.71. The van der Waals surface area contributed by atoms with Crippen LogP contribution in [0.1, 0.15) is 23.6 Å². The molecule has 0 bridgehead atoms. The van der Waals surface area contributed by atoms with Gasteiger partial charge in [-0.15, -0.1) is 0 Å². The van der Waals surface area contributed by atoms with Gasteiger partial charge in [0.15, 0.2) is 0 Å². The number of ether oxygens (including phenoxy) is 1. The van der Waals surface area contributed by atoms with Crippen LogP contribution in [0.25, 0.3) is 0 Å². The molecule has 1 unspecified atom stereocenters. The molecule has 0 radical (unpaired) electrons. The van der Waals surface area contributed by atoms with Gasteiger partial charge in [0.1, 0.15) is 11.8 Å². The van der Waals surface area contributed by atoms with Crippen LogP contribution in [0.4, 0.5) is 5.69 Å². The second-order valence-electron chi connectivity index (χ2n) is 4.41. The van der Waals surface area contributed by atoms with E-state index < -0.39 is 0 Å². The molecule has 0 aliphatic heterocycles. The average molecular weight is 232 g/mol. The zero-order valence-electron chi connectivity index (χ0n) is 11.5. The maximum Gasteiger partial charge on any atom is 0.125 e. The molecule has 1 atom stereocenters. The van der Waals surface area contributed by atoms with Gasteiger partial charge in [-0.2, -0.15) is 5.26 Å². The summed E-state index contributed by atoms with van der Waals surface area (Å²) in [4.78, 5) is 1.99. The summed E-state index contributed by atoms with van der Waals surface area (Å²) < 4.78 is 5.39. The van der Waals surface area contributed by atoms with Crippen molar-refractivity contribution in [3.8, 4) is 11.8 Å². The van der Waals surface area contributed by atoms with Crippen LogP contribution in [0.3, 0.4) is 0 Å². The zero-order valence-corrected chi connectivity index (χ0v) is 11.5. The highest BCUT2D eigenvalue weighted by Gasteiger charge is 2.16. The first-order chi connectivity index (χ1) is 7.93. The van der Waals surface area contributed by atoms with E-state index >= 15 is 0 Å². The van der Waals surface area contributed by atoms with E-state index in [1.165, 1.54) is 0 Å². The number of hydrogen-bond acceptors (Lipinski definition) is 3. The second-order valence-corrected chi connectivity index (χ2v) is 4.41. The zero-order chi connectivity index (χ0) is 13.2. The van der Waals surface area contributed by atoms with Crippen molar-refractivity contribution in [2.75, 3.05) is 19.1 Å². The lowest BCUT2D eigenvalue weighted by molar-refractivity contribution is 0.408. The molecule has 1 aromatic rings. The predicted octanol–water partition coefficient (Wildman–Crippen LogP) is 2.97. The monoisotopic (exact) mass is 232 g/mol. The molecule has 0 spiro atoms. The van der Waals surface area contributed by atoms with Crippen LogP contribution < -0.4 is 9.64 Å². The highest BCUT2D eigenvalue weighted by Crippen LogP contribution is 2.33. The lowest BCUT2D eigenvalue weighted by Gasteiger charge is -2.26. The van der Waals surface area contributed by atoms with Gasteiger partial charge < -0.3 is 9.64 Å². The normalized spacial score (nSPS) is 11.8. The summed E-state index contributed by atoms with van der Waals surface area (Å²) in [5.74, 6) is 0.935. The van der Waals surface area contributed by atoms with Gasteiger partial charge in [-0.1, -0.05) is 0 Å². The minimum atomic E-state index is -0.138. The second kappa shape index (κ2) is 5.09. The van der Waals surface area contributed by atoms with Crippen molar-refractivity contribution < 1.29 is 4.74 Å². The Morgan fingerprint density at radius 2 is 1.88 bits per heavy atom. The molecule has 0 aliphatic carbocycles. The molecule has 1 rings (SSSR count). The number of anilines is 1. The summed E-state index contributed by atoms with van der Waals surface area (Å²) in [7, 11) is 3.64. The Kier molecular flexibility index (Phi) is 4.01. The fourth-order valence-electron chi connectivity index (χ4n) is 2.01. The number of aryl methyl sites for hydroxylation is 1. The van der Waals surface area contributed by atoms with E-state index in [1.54, 1.807) is 7.11 Å². The van der Waals surface area contributed by atoms with E-state index in [2.05, 4.69) is 26.0 Å². The lowest BCUT2D eigenvalue weighted by atomic mass is 10.0. The quantitative estimate of drug-likeness (QED) is 0.804. The van der Waals surface area contributed by atoms with Crippen molar-refractivity contribution >= 4 is 5.69 Å². The minimum absolute atomic E-state index is 0.138. The highest BCUT2D eigenvalue weighted by atomic mass is 16.5. The van der Waals surface area contributed by atoms with Gasteiger partial charge in [0.2, 0.25) is 0 Å². The number of benzene rings is 1. The van der Waals surface area contributed by atoms with E-state index in [1.807, 2.05) is 25.8 Å². The van der Waals surface area contributed by atoms with Gasteiger partial charge in [-0.25, -0.2) is 0 Å². The summed E-state index contributed by atoms with van der Waals surface area (Å²) >= 11 is 0. The van der Waals surface area contributed by atoms with Crippen molar-refractivity contribution in [3.63, 3.8) is 0 Å². The first kappa shape index (κ1) is 13.4. The van der Waals surface area contributed by atoms with Crippen LogP contribution in [0.2, 0.25) is 0 Å². The summed E-state index contributed by atoms with van der Waals surface area (Å²) in [6.07, 6.45) is 0. The molecule has 0 saturated carbocycles. The Hall–Kier alpha value is -1.69. The largest absolute Gasteiger partial charge is 0.496 e. The standard InChI is InChI=1S/C14H20N2O/c1-9-7-13(16(5)10(2)8-15)11(3)12(4)14(9)17-6/h7,10H,1-6H3. The minimum Gasteiger partial charge on any atom is -0.496 e. The van der Waals surface area contributed by atoms with Crippen molar-refractivity contribution in [2.24, 2.45) is 0 Å². The molecule has 3 nitrogen and oxygen atoms in total. The molecule has 1 aromatic carbocycles. The van der Waals surface area contributed by atoms with Gasteiger partial charge in [0.05, 0.1) is 13.2 Å². The molecular formula is C14H20N2O. The van der Waals surface area contributed by atoms with E-state index in [0.717, 1.165) is 28.1 Å². The smallest absolute Gasteiger partial charge is 0.125 e. The van der Waals surface area contributed by atoms with Crippen molar-refractivity contribution in [1.82, 2.24) is 0 Å². The van der Waals surface area contributed by atoms with Gasteiger partial charge in [0, 0.05) is 12.7 Å². The fraction of sp³-hybridized carbons (Fsp3) is 0.500. The van der Waals surface area contributed by atoms with Crippen molar-refractivity contribution in [2.45, 2.75) is 33.7 Å². The molecular weight excluding hydrogens is 212 g/mol. The predicted molar refractivity (Wildman–Crippen MR) is 70.7 cm³/mol. The number of nitriles is 1. The number of methoxy groups -OCH3 is 1. The molecule has 0 saturated heterocycles. The molecule has 92 valence electrons. The molecule has 17 heavy (non-hydrogen) atoms. The fourth-order valence-corrected chi connectivity index (χ4v) is 2.01. The maximum absolute atomic E-state index is 8.98. The van der Waals surface area contributed by atoms with E-state index in [4.69, 9.17) is 10.00 Å². The molecule has 0 fully saturated rings. The molecule has 0 amide bonds. The number of hydrogen-bond donors (Lipinski definition) is 0. The van der Waals surface area contributed by atoms with Crippen LogP contribution >= 0.6 is 0 Å². The summed E-state index contributed by atoms with van der Waals surface area (Å²) in [5.41, 5.74) is 4.49. The summed E-state index contributed by atoms with van der Waals surface area (Å²) in [6.45, 7) is 8.04. The van der Waals surface area contributed by atoms with E-state index in [9.17, 15) is 0 Å². The third-order valence-electron chi connectivity index (χ3n) is 3.35. The van der Waals surface area contributed by atoms with Crippen LogP contribution in [0.15, 0.2) is 6.07 Å². The van der Waals surface area contributed by atoms with Gasteiger partial charge >= 0.3 is 0 Å². The maximum atomic E-state index is 8.98. The number of rotatable bonds is 3.